The van der Waals surface area contributed by atoms with Crippen LogP contribution in [0.3, 0.4) is 0 Å². The molecule has 2 aromatic rings. The molecular weight excluding hydrogens is 308 g/mol. The molecule has 0 radical (unpaired) electrons. The van der Waals surface area contributed by atoms with Gasteiger partial charge in [0.15, 0.2) is 5.96 Å². The maximum absolute atomic E-state index is 5.65. The molecule has 5 nitrogen and oxygen atoms in total. The van der Waals surface area contributed by atoms with Crippen molar-refractivity contribution in [3.63, 3.8) is 0 Å². The predicted molar refractivity (Wildman–Crippen MR) is 94.8 cm³/mol. The number of hydrogen-bond donors (Lipinski definition) is 2. The zero-order chi connectivity index (χ0) is 15.9. The molecule has 6 heteroatoms. The van der Waals surface area contributed by atoms with Gasteiger partial charge in [-0.3, -0.25) is 9.89 Å². The van der Waals surface area contributed by atoms with E-state index < -0.39 is 0 Å². The molecule has 0 aromatic carbocycles. The number of aliphatic imine (C=N–C) groups is 1. The number of rotatable bonds is 6. The summed E-state index contributed by atoms with van der Waals surface area (Å²) in [7, 11) is 1.81. The minimum absolute atomic E-state index is 0.257. The molecule has 1 unspecified atom stereocenters. The summed E-state index contributed by atoms with van der Waals surface area (Å²) in [6.45, 7) is 3.84. The fraction of sp³-hybridized carbons (Fsp3) is 0.471. The molecule has 0 saturated carbocycles. The van der Waals surface area contributed by atoms with Gasteiger partial charge < -0.3 is 15.1 Å². The Labute approximate surface area is 141 Å². The fourth-order valence-corrected chi connectivity index (χ4v) is 3.61. The van der Waals surface area contributed by atoms with E-state index in [2.05, 4.69) is 43.4 Å². The van der Waals surface area contributed by atoms with Crippen molar-refractivity contribution in [3.8, 4) is 0 Å². The Morgan fingerprint density at radius 3 is 2.87 bits per heavy atom. The first-order chi connectivity index (χ1) is 11.4. The molecular formula is C17H24N4OS. The van der Waals surface area contributed by atoms with Gasteiger partial charge in [-0.1, -0.05) is 0 Å². The highest BCUT2D eigenvalue weighted by Crippen LogP contribution is 2.24. The lowest BCUT2D eigenvalue weighted by atomic mass is 10.2. The summed E-state index contributed by atoms with van der Waals surface area (Å²) in [5.74, 6) is 1.85. The molecule has 1 aliphatic heterocycles. The fourth-order valence-electron chi connectivity index (χ4n) is 2.94. The van der Waals surface area contributed by atoms with Crippen molar-refractivity contribution in [3.05, 3.63) is 46.5 Å². The second kappa shape index (κ2) is 8.17. The maximum Gasteiger partial charge on any atom is 0.191 e. The first-order valence-corrected chi connectivity index (χ1v) is 9.04. The van der Waals surface area contributed by atoms with Crippen LogP contribution in [-0.4, -0.2) is 37.5 Å². The number of nitrogens with one attached hydrogen (secondary N) is 2. The number of likely N-dealkylation sites (tertiary alicyclic amines) is 1. The second-order valence-electron chi connectivity index (χ2n) is 5.71. The van der Waals surface area contributed by atoms with E-state index in [4.69, 9.17) is 4.42 Å². The molecule has 2 aromatic heterocycles. The molecule has 1 aliphatic rings. The molecule has 23 heavy (non-hydrogen) atoms. The predicted octanol–water partition coefficient (Wildman–Crippen LogP) is 2.84. The van der Waals surface area contributed by atoms with E-state index in [1.807, 2.05) is 6.07 Å². The van der Waals surface area contributed by atoms with Gasteiger partial charge in [0.25, 0.3) is 0 Å². The van der Waals surface area contributed by atoms with Gasteiger partial charge in [-0.05, 0) is 60.5 Å². The highest BCUT2D eigenvalue weighted by Gasteiger charge is 2.25. The summed E-state index contributed by atoms with van der Waals surface area (Å²) >= 11 is 1.71. The van der Waals surface area contributed by atoms with Crippen molar-refractivity contribution < 1.29 is 4.42 Å². The first kappa shape index (κ1) is 16.1. The summed E-state index contributed by atoms with van der Waals surface area (Å²) in [6, 6.07) is 6.40. The quantitative estimate of drug-likeness (QED) is 0.631. The van der Waals surface area contributed by atoms with Crippen LogP contribution in [0.4, 0.5) is 0 Å². The zero-order valence-corrected chi connectivity index (χ0v) is 14.3. The normalized spacial score (nSPS) is 17.3. The lowest BCUT2D eigenvalue weighted by Gasteiger charge is -2.26. The SMILES string of the molecule is CN=C(NCc1ccsc1)NCC(c1ccco1)N1CCCC1. The average molecular weight is 332 g/mol. The molecule has 0 aliphatic carbocycles. The Morgan fingerprint density at radius 2 is 2.22 bits per heavy atom. The van der Waals surface area contributed by atoms with Gasteiger partial charge in [0.05, 0.1) is 12.3 Å². The maximum atomic E-state index is 5.65. The third-order valence-electron chi connectivity index (χ3n) is 4.18. The van der Waals surface area contributed by atoms with E-state index in [0.717, 1.165) is 37.9 Å². The number of hydrogen-bond acceptors (Lipinski definition) is 4. The van der Waals surface area contributed by atoms with Crippen LogP contribution < -0.4 is 10.6 Å². The van der Waals surface area contributed by atoms with Crippen LogP contribution in [0, 0.1) is 0 Å². The summed E-state index contributed by atoms with van der Waals surface area (Å²) in [4.78, 5) is 6.80. The van der Waals surface area contributed by atoms with Gasteiger partial charge in [-0.25, -0.2) is 0 Å². The number of guanidine groups is 1. The molecule has 0 amide bonds. The number of furan rings is 1. The molecule has 3 heterocycles. The smallest absolute Gasteiger partial charge is 0.191 e. The topological polar surface area (TPSA) is 52.8 Å². The molecule has 2 N–H and O–H groups in total. The minimum atomic E-state index is 0.257. The van der Waals surface area contributed by atoms with Crippen molar-refractivity contribution in [2.75, 3.05) is 26.7 Å². The number of nitrogens with zero attached hydrogens (tertiary/aromatic N) is 2. The van der Waals surface area contributed by atoms with E-state index >= 15 is 0 Å². The Morgan fingerprint density at radius 1 is 1.35 bits per heavy atom. The minimum Gasteiger partial charge on any atom is -0.468 e. The van der Waals surface area contributed by atoms with Gasteiger partial charge in [0, 0.05) is 20.1 Å². The first-order valence-electron chi connectivity index (χ1n) is 8.10. The van der Waals surface area contributed by atoms with Crippen molar-refractivity contribution in [2.45, 2.75) is 25.4 Å². The second-order valence-corrected chi connectivity index (χ2v) is 6.49. The van der Waals surface area contributed by atoms with Crippen LogP contribution in [0.15, 0.2) is 44.6 Å². The Kier molecular flexibility index (Phi) is 5.71. The van der Waals surface area contributed by atoms with Crippen molar-refractivity contribution >= 4 is 17.3 Å². The summed E-state index contributed by atoms with van der Waals surface area (Å²) in [6.07, 6.45) is 4.28. The molecule has 124 valence electrons. The van der Waals surface area contributed by atoms with Crippen LogP contribution in [-0.2, 0) is 6.54 Å². The van der Waals surface area contributed by atoms with E-state index in [1.54, 1.807) is 24.6 Å². The largest absolute Gasteiger partial charge is 0.468 e. The van der Waals surface area contributed by atoms with Crippen LogP contribution >= 0.6 is 11.3 Å². The lowest BCUT2D eigenvalue weighted by molar-refractivity contribution is 0.215. The Balaban J connectivity index is 1.56. The van der Waals surface area contributed by atoms with Gasteiger partial charge >= 0.3 is 0 Å². The van der Waals surface area contributed by atoms with Crippen molar-refractivity contribution in [1.82, 2.24) is 15.5 Å². The molecule has 0 spiro atoms. The molecule has 3 rings (SSSR count). The third-order valence-corrected chi connectivity index (χ3v) is 4.91. The standard InChI is InChI=1S/C17H24N4OS/c1-18-17(19-11-14-6-10-23-13-14)20-12-15(16-5-4-9-22-16)21-7-2-3-8-21/h4-6,9-10,13,15H,2-3,7-8,11-12H2,1H3,(H2,18,19,20). The summed E-state index contributed by atoms with van der Waals surface area (Å²) in [5, 5.41) is 11.0. The zero-order valence-electron chi connectivity index (χ0n) is 13.5. The van der Waals surface area contributed by atoms with Gasteiger partial charge in [-0.2, -0.15) is 11.3 Å². The molecule has 1 fully saturated rings. The summed E-state index contributed by atoms with van der Waals surface area (Å²) in [5.41, 5.74) is 1.28. The lowest BCUT2D eigenvalue weighted by Crippen LogP contribution is -2.42. The van der Waals surface area contributed by atoms with E-state index in [9.17, 15) is 0 Å². The van der Waals surface area contributed by atoms with Crippen molar-refractivity contribution in [2.24, 2.45) is 4.99 Å². The number of thiophene rings is 1. The summed E-state index contributed by atoms with van der Waals surface area (Å²) < 4.78 is 5.65. The van der Waals surface area contributed by atoms with Crippen LogP contribution in [0.5, 0.6) is 0 Å². The third kappa shape index (κ3) is 4.36. The Hall–Kier alpha value is -1.79. The highest BCUT2D eigenvalue weighted by atomic mass is 32.1. The van der Waals surface area contributed by atoms with E-state index in [-0.39, 0.29) is 6.04 Å². The molecule has 0 bridgehead atoms. The van der Waals surface area contributed by atoms with Crippen LogP contribution in [0.1, 0.15) is 30.2 Å². The van der Waals surface area contributed by atoms with E-state index in [0.29, 0.717) is 0 Å². The Bertz CT molecular complexity index is 588. The molecule has 1 saturated heterocycles. The van der Waals surface area contributed by atoms with Gasteiger partial charge in [0.1, 0.15) is 5.76 Å². The monoisotopic (exact) mass is 332 g/mol. The molecule has 1 atom stereocenters. The van der Waals surface area contributed by atoms with Gasteiger partial charge in [0.2, 0.25) is 0 Å². The average Bonchev–Trinajstić information content (AvgIpc) is 3.34. The van der Waals surface area contributed by atoms with Crippen LogP contribution in [0.25, 0.3) is 0 Å². The van der Waals surface area contributed by atoms with Gasteiger partial charge in [-0.15, -0.1) is 0 Å². The van der Waals surface area contributed by atoms with Crippen molar-refractivity contribution in [1.29, 1.82) is 0 Å². The van der Waals surface area contributed by atoms with Crippen LogP contribution in [0.2, 0.25) is 0 Å². The van der Waals surface area contributed by atoms with E-state index in [1.165, 1.54) is 18.4 Å². The highest BCUT2D eigenvalue weighted by molar-refractivity contribution is 7.07.